The molecule has 2 aromatic rings. The van der Waals surface area contributed by atoms with Crippen LogP contribution in [0.1, 0.15) is 12.0 Å². The summed E-state index contributed by atoms with van der Waals surface area (Å²) in [7, 11) is 3.75. The van der Waals surface area contributed by atoms with Crippen molar-refractivity contribution in [2.24, 2.45) is 0 Å². The Morgan fingerprint density at radius 2 is 2.11 bits per heavy atom. The molecule has 1 aromatic heterocycles. The molecular weight excluding hydrogens is 224 g/mol. The number of aryl methyl sites for hydroxylation is 1. The van der Waals surface area contributed by atoms with Crippen molar-refractivity contribution in [3.63, 3.8) is 0 Å². The van der Waals surface area contributed by atoms with E-state index in [2.05, 4.69) is 40.3 Å². The van der Waals surface area contributed by atoms with Gasteiger partial charge in [0.15, 0.2) is 0 Å². The second-order valence-corrected chi connectivity index (χ2v) is 4.56. The van der Waals surface area contributed by atoms with Crippen LogP contribution in [-0.2, 0) is 17.7 Å². The van der Waals surface area contributed by atoms with Crippen LogP contribution in [0.25, 0.3) is 10.9 Å². The molecule has 0 fully saturated rings. The van der Waals surface area contributed by atoms with E-state index in [1.54, 1.807) is 7.11 Å². The second kappa shape index (κ2) is 6.57. The van der Waals surface area contributed by atoms with Gasteiger partial charge in [-0.15, -0.1) is 0 Å². The van der Waals surface area contributed by atoms with Gasteiger partial charge in [0, 0.05) is 37.4 Å². The molecule has 0 saturated carbocycles. The molecule has 0 radical (unpaired) electrons. The van der Waals surface area contributed by atoms with E-state index in [0.29, 0.717) is 0 Å². The van der Waals surface area contributed by atoms with Crippen molar-refractivity contribution in [2.45, 2.75) is 19.4 Å². The molecule has 3 heteroatoms. The molecule has 1 aromatic carbocycles. The van der Waals surface area contributed by atoms with Crippen LogP contribution in [0.3, 0.4) is 0 Å². The fraction of sp³-hybridized carbons (Fsp3) is 0.467. The van der Waals surface area contributed by atoms with E-state index in [0.717, 1.165) is 32.5 Å². The average molecular weight is 246 g/mol. The van der Waals surface area contributed by atoms with Gasteiger partial charge in [-0.05, 0) is 38.1 Å². The first kappa shape index (κ1) is 13.1. The van der Waals surface area contributed by atoms with Crippen molar-refractivity contribution >= 4 is 10.9 Å². The van der Waals surface area contributed by atoms with Crippen LogP contribution in [0.15, 0.2) is 30.5 Å². The normalized spacial score (nSPS) is 11.2. The number of nitrogens with zero attached hydrogens (tertiary/aromatic N) is 1. The minimum absolute atomic E-state index is 0.818. The van der Waals surface area contributed by atoms with E-state index >= 15 is 0 Å². The third-order valence-corrected chi connectivity index (χ3v) is 3.26. The van der Waals surface area contributed by atoms with Crippen LogP contribution in [0.2, 0.25) is 0 Å². The van der Waals surface area contributed by atoms with Crippen molar-refractivity contribution in [1.82, 2.24) is 9.88 Å². The smallest absolute Gasteiger partial charge is 0.0483 e. The van der Waals surface area contributed by atoms with Crippen molar-refractivity contribution in [2.75, 3.05) is 27.3 Å². The topological polar surface area (TPSA) is 26.2 Å². The number of hydrogen-bond acceptors (Lipinski definition) is 2. The fourth-order valence-corrected chi connectivity index (χ4v) is 2.35. The number of nitrogens with one attached hydrogen (secondary N) is 1. The molecule has 98 valence electrons. The number of hydrogen-bond donors (Lipinski definition) is 1. The number of ether oxygens (including phenoxy) is 1. The summed E-state index contributed by atoms with van der Waals surface area (Å²) in [6.45, 7) is 2.86. The number of likely N-dealkylation sites (N-methyl/N-ethyl adjacent to an activating group) is 1. The SMILES string of the molecule is CNCCc1cn(CCCOC)c2ccccc12. The summed E-state index contributed by atoms with van der Waals surface area (Å²) in [6.07, 6.45) is 4.42. The van der Waals surface area contributed by atoms with E-state index in [9.17, 15) is 0 Å². The minimum Gasteiger partial charge on any atom is -0.385 e. The third kappa shape index (κ3) is 2.92. The van der Waals surface area contributed by atoms with E-state index < -0.39 is 0 Å². The van der Waals surface area contributed by atoms with E-state index in [4.69, 9.17) is 4.74 Å². The Hall–Kier alpha value is -1.32. The van der Waals surface area contributed by atoms with Crippen molar-refractivity contribution in [3.8, 4) is 0 Å². The van der Waals surface area contributed by atoms with Crippen LogP contribution < -0.4 is 5.32 Å². The molecule has 0 aliphatic rings. The fourth-order valence-electron chi connectivity index (χ4n) is 2.35. The van der Waals surface area contributed by atoms with Gasteiger partial charge in [-0.2, -0.15) is 0 Å². The largest absolute Gasteiger partial charge is 0.385 e. The molecule has 3 nitrogen and oxygen atoms in total. The van der Waals surface area contributed by atoms with Gasteiger partial charge < -0.3 is 14.6 Å². The highest BCUT2D eigenvalue weighted by Crippen LogP contribution is 2.21. The summed E-state index contributed by atoms with van der Waals surface area (Å²) < 4.78 is 7.47. The van der Waals surface area contributed by atoms with Gasteiger partial charge in [-0.25, -0.2) is 0 Å². The first-order valence-electron chi connectivity index (χ1n) is 6.57. The summed E-state index contributed by atoms with van der Waals surface area (Å²) in [5, 5.41) is 4.59. The number of methoxy groups -OCH3 is 1. The lowest BCUT2D eigenvalue weighted by Gasteiger charge is -2.04. The molecule has 0 aliphatic heterocycles. The maximum atomic E-state index is 5.12. The average Bonchev–Trinajstić information content (AvgIpc) is 2.76. The van der Waals surface area contributed by atoms with Gasteiger partial charge in [-0.3, -0.25) is 0 Å². The number of para-hydroxylation sites is 1. The molecule has 1 heterocycles. The molecule has 0 unspecified atom stereocenters. The zero-order chi connectivity index (χ0) is 12.8. The maximum absolute atomic E-state index is 5.12. The van der Waals surface area contributed by atoms with E-state index in [1.807, 2.05) is 7.05 Å². The highest BCUT2D eigenvalue weighted by Gasteiger charge is 2.07. The zero-order valence-electron chi connectivity index (χ0n) is 11.3. The molecular formula is C15H22N2O. The van der Waals surface area contributed by atoms with Gasteiger partial charge in [0.25, 0.3) is 0 Å². The molecule has 1 N–H and O–H groups in total. The lowest BCUT2D eigenvalue weighted by atomic mass is 10.1. The summed E-state index contributed by atoms with van der Waals surface area (Å²) in [5.41, 5.74) is 2.76. The number of fused-ring (bicyclic) bond motifs is 1. The summed E-state index contributed by atoms with van der Waals surface area (Å²) in [5.74, 6) is 0. The maximum Gasteiger partial charge on any atom is 0.0483 e. The van der Waals surface area contributed by atoms with E-state index in [-0.39, 0.29) is 0 Å². The Morgan fingerprint density at radius 3 is 2.89 bits per heavy atom. The highest BCUT2D eigenvalue weighted by atomic mass is 16.5. The summed E-state index contributed by atoms with van der Waals surface area (Å²) in [4.78, 5) is 0. The van der Waals surface area contributed by atoms with Gasteiger partial charge in [0.2, 0.25) is 0 Å². The molecule has 0 aliphatic carbocycles. The number of aromatic nitrogens is 1. The lowest BCUT2D eigenvalue weighted by Crippen LogP contribution is -2.10. The van der Waals surface area contributed by atoms with E-state index in [1.165, 1.54) is 16.5 Å². The van der Waals surface area contributed by atoms with Crippen LogP contribution in [-0.4, -0.2) is 31.9 Å². The molecule has 0 bridgehead atoms. The standard InChI is InChI=1S/C15H22N2O/c1-16-9-8-13-12-17(10-5-11-18-2)15-7-4-3-6-14(13)15/h3-4,6-7,12,16H,5,8-11H2,1-2H3. The molecule has 2 rings (SSSR count). The Kier molecular flexibility index (Phi) is 4.79. The molecule has 18 heavy (non-hydrogen) atoms. The second-order valence-electron chi connectivity index (χ2n) is 4.56. The predicted octanol–water partition coefficient (Wildman–Crippen LogP) is 2.44. The van der Waals surface area contributed by atoms with Gasteiger partial charge in [-0.1, -0.05) is 18.2 Å². The first-order valence-corrected chi connectivity index (χ1v) is 6.57. The van der Waals surface area contributed by atoms with Crippen LogP contribution in [0.5, 0.6) is 0 Å². The number of benzene rings is 1. The van der Waals surface area contributed by atoms with Crippen molar-refractivity contribution in [1.29, 1.82) is 0 Å². The number of rotatable bonds is 7. The molecule has 0 saturated heterocycles. The van der Waals surface area contributed by atoms with Gasteiger partial charge in [0.1, 0.15) is 0 Å². The minimum atomic E-state index is 0.818. The van der Waals surface area contributed by atoms with Gasteiger partial charge >= 0.3 is 0 Å². The lowest BCUT2D eigenvalue weighted by molar-refractivity contribution is 0.190. The Balaban J connectivity index is 2.23. The third-order valence-electron chi connectivity index (χ3n) is 3.26. The first-order chi connectivity index (χ1) is 8.86. The Bertz CT molecular complexity index is 490. The van der Waals surface area contributed by atoms with Crippen molar-refractivity contribution in [3.05, 3.63) is 36.0 Å². The zero-order valence-corrected chi connectivity index (χ0v) is 11.3. The van der Waals surface area contributed by atoms with Crippen LogP contribution in [0, 0.1) is 0 Å². The summed E-state index contributed by atoms with van der Waals surface area (Å²) >= 11 is 0. The van der Waals surface area contributed by atoms with Gasteiger partial charge in [0.05, 0.1) is 0 Å². The molecule has 0 atom stereocenters. The Morgan fingerprint density at radius 1 is 1.28 bits per heavy atom. The van der Waals surface area contributed by atoms with Crippen molar-refractivity contribution < 1.29 is 4.74 Å². The molecule has 0 spiro atoms. The quantitative estimate of drug-likeness (QED) is 0.759. The highest BCUT2D eigenvalue weighted by molar-refractivity contribution is 5.84. The summed E-state index contributed by atoms with van der Waals surface area (Å²) in [6, 6.07) is 8.64. The monoisotopic (exact) mass is 246 g/mol. The van der Waals surface area contributed by atoms with Crippen LogP contribution >= 0.6 is 0 Å². The van der Waals surface area contributed by atoms with Crippen LogP contribution in [0.4, 0.5) is 0 Å². The molecule has 0 amide bonds. The Labute approximate surface area is 109 Å². The predicted molar refractivity (Wildman–Crippen MR) is 76.1 cm³/mol.